The van der Waals surface area contributed by atoms with E-state index in [1.807, 2.05) is 6.07 Å². The summed E-state index contributed by atoms with van der Waals surface area (Å²) in [5, 5.41) is 0. The smallest absolute Gasteiger partial charge is 0.195 e. The summed E-state index contributed by atoms with van der Waals surface area (Å²) in [5.41, 5.74) is 3.21. The van der Waals surface area contributed by atoms with Crippen LogP contribution >= 0.6 is 0 Å². The number of hydrogen-bond donors (Lipinski definition) is 0. The van der Waals surface area contributed by atoms with Crippen molar-refractivity contribution in [2.24, 2.45) is 0 Å². The lowest BCUT2D eigenvalue weighted by molar-refractivity contribution is 0.521. The fourth-order valence-corrected chi connectivity index (χ4v) is 1.79. The number of para-hydroxylation sites is 1. The molecule has 2 heteroatoms. The van der Waals surface area contributed by atoms with Crippen molar-refractivity contribution in [3.05, 3.63) is 29.7 Å². The van der Waals surface area contributed by atoms with Gasteiger partial charge in [-0.1, -0.05) is 32.9 Å². The van der Waals surface area contributed by atoms with Crippen molar-refractivity contribution in [1.82, 2.24) is 4.98 Å². The number of aryl methyl sites for hydroxylation is 1. The topological polar surface area (TPSA) is 26.0 Å². The summed E-state index contributed by atoms with van der Waals surface area (Å²) < 4.78 is 5.79. The fourth-order valence-electron chi connectivity index (χ4n) is 1.79. The van der Waals surface area contributed by atoms with E-state index in [0.717, 1.165) is 29.8 Å². The van der Waals surface area contributed by atoms with Gasteiger partial charge in [0.05, 0.1) is 0 Å². The van der Waals surface area contributed by atoms with Crippen molar-refractivity contribution in [2.45, 2.75) is 39.5 Å². The Morgan fingerprint density at radius 2 is 2.13 bits per heavy atom. The molecule has 2 aromatic rings. The lowest BCUT2D eigenvalue weighted by Gasteiger charge is -2.03. The molecule has 0 saturated carbocycles. The summed E-state index contributed by atoms with van der Waals surface area (Å²) in [6, 6.07) is 6.19. The minimum atomic E-state index is 0.483. The average molecular weight is 203 g/mol. The summed E-state index contributed by atoms with van der Waals surface area (Å²) in [6.45, 7) is 6.49. The Hall–Kier alpha value is -1.31. The van der Waals surface area contributed by atoms with Gasteiger partial charge < -0.3 is 4.42 Å². The van der Waals surface area contributed by atoms with E-state index in [4.69, 9.17) is 4.42 Å². The molecule has 0 aliphatic carbocycles. The molecule has 80 valence electrons. The van der Waals surface area contributed by atoms with E-state index in [1.54, 1.807) is 0 Å². The van der Waals surface area contributed by atoms with Crippen LogP contribution in [0.2, 0.25) is 0 Å². The van der Waals surface area contributed by atoms with Gasteiger partial charge in [0, 0.05) is 6.42 Å². The molecule has 2 nitrogen and oxygen atoms in total. The van der Waals surface area contributed by atoms with Gasteiger partial charge >= 0.3 is 0 Å². The SMILES string of the molecule is CCCc1nc2cccc(C(C)C)c2o1. The molecule has 1 aromatic carbocycles. The molecule has 0 fully saturated rings. The Balaban J connectivity index is 2.54. The van der Waals surface area contributed by atoms with Crippen LogP contribution in [0.3, 0.4) is 0 Å². The van der Waals surface area contributed by atoms with E-state index >= 15 is 0 Å². The first-order valence-electron chi connectivity index (χ1n) is 5.60. The second-order valence-electron chi connectivity index (χ2n) is 4.21. The van der Waals surface area contributed by atoms with E-state index in [-0.39, 0.29) is 0 Å². The zero-order valence-electron chi connectivity index (χ0n) is 9.58. The summed E-state index contributed by atoms with van der Waals surface area (Å²) >= 11 is 0. The van der Waals surface area contributed by atoms with Crippen molar-refractivity contribution < 1.29 is 4.42 Å². The second kappa shape index (κ2) is 4.05. The monoisotopic (exact) mass is 203 g/mol. The van der Waals surface area contributed by atoms with Crippen LogP contribution in [-0.2, 0) is 6.42 Å². The van der Waals surface area contributed by atoms with Crippen LogP contribution in [0.5, 0.6) is 0 Å². The van der Waals surface area contributed by atoms with Crippen LogP contribution < -0.4 is 0 Å². The molecule has 0 N–H and O–H groups in total. The first-order chi connectivity index (χ1) is 7.22. The first kappa shape index (κ1) is 10.2. The highest BCUT2D eigenvalue weighted by molar-refractivity contribution is 5.76. The number of nitrogens with zero attached hydrogens (tertiary/aromatic N) is 1. The predicted octanol–water partition coefficient (Wildman–Crippen LogP) is 3.90. The van der Waals surface area contributed by atoms with Gasteiger partial charge in [0.25, 0.3) is 0 Å². The second-order valence-corrected chi connectivity index (χ2v) is 4.21. The first-order valence-corrected chi connectivity index (χ1v) is 5.60. The molecule has 0 atom stereocenters. The molecule has 1 aromatic heterocycles. The van der Waals surface area contributed by atoms with Gasteiger partial charge in [-0.3, -0.25) is 0 Å². The van der Waals surface area contributed by atoms with Crippen LogP contribution in [0.25, 0.3) is 11.1 Å². The highest BCUT2D eigenvalue weighted by Crippen LogP contribution is 2.26. The van der Waals surface area contributed by atoms with Crippen molar-refractivity contribution >= 4 is 11.1 Å². The average Bonchev–Trinajstić information content (AvgIpc) is 2.59. The van der Waals surface area contributed by atoms with Crippen LogP contribution in [0.1, 0.15) is 44.6 Å². The molecule has 0 aliphatic heterocycles. The Morgan fingerprint density at radius 3 is 2.80 bits per heavy atom. The molecule has 0 radical (unpaired) electrons. The minimum absolute atomic E-state index is 0.483. The predicted molar refractivity (Wildman–Crippen MR) is 62.1 cm³/mol. The van der Waals surface area contributed by atoms with Crippen LogP contribution in [0.4, 0.5) is 0 Å². The normalized spacial score (nSPS) is 11.5. The summed E-state index contributed by atoms with van der Waals surface area (Å²) in [5.74, 6) is 1.34. The highest BCUT2D eigenvalue weighted by atomic mass is 16.3. The van der Waals surface area contributed by atoms with E-state index in [2.05, 4.69) is 37.9 Å². The number of oxazole rings is 1. The zero-order chi connectivity index (χ0) is 10.8. The van der Waals surface area contributed by atoms with E-state index in [0.29, 0.717) is 5.92 Å². The van der Waals surface area contributed by atoms with Gasteiger partial charge in [-0.25, -0.2) is 4.98 Å². The van der Waals surface area contributed by atoms with E-state index in [9.17, 15) is 0 Å². The number of fused-ring (bicyclic) bond motifs is 1. The Bertz CT molecular complexity index is 457. The Kier molecular flexibility index (Phi) is 2.76. The third kappa shape index (κ3) is 1.89. The third-order valence-electron chi connectivity index (χ3n) is 2.58. The number of hydrogen-bond acceptors (Lipinski definition) is 2. The molecule has 2 rings (SSSR count). The maximum absolute atomic E-state index is 5.79. The van der Waals surface area contributed by atoms with Gasteiger partial charge in [0.2, 0.25) is 0 Å². The molecule has 15 heavy (non-hydrogen) atoms. The van der Waals surface area contributed by atoms with Gasteiger partial charge in [-0.05, 0) is 24.0 Å². The molecule has 0 spiro atoms. The highest BCUT2D eigenvalue weighted by Gasteiger charge is 2.11. The summed E-state index contributed by atoms with van der Waals surface area (Å²) in [7, 11) is 0. The maximum Gasteiger partial charge on any atom is 0.195 e. The van der Waals surface area contributed by atoms with E-state index in [1.165, 1.54) is 5.56 Å². The van der Waals surface area contributed by atoms with Gasteiger partial charge in [0.1, 0.15) is 5.52 Å². The molecule has 1 heterocycles. The van der Waals surface area contributed by atoms with Crippen molar-refractivity contribution in [3.63, 3.8) is 0 Å². The van der Waals surface area contributed by atoms with Gasteiger partial charge in [-0.2, -0.15) is 0 Å². The molecular weight excluding hydrogens is 186 g/mol. The lowest BCUT2D eigenvalue weighted by Crippen LogP contribution is -1.86. The maximum atomic E-state index is 5.79. The van der Waals surface area contributed by atoms with Crippen molar-refractivity contribution in [3.8, 4) is 0 Å². The Labute approximate surface area is 90.3 Å². The quantitative estimate of drug-likeness (QED) is 0.756. The Morgan fingerprint density at radius 1 is 1.33 bits per heavy atom. The molecule has 0 unspecified atom stereocenters. The standard InChI is InChI=1S/C13H17NO/c1-4-6-12-14-11-8-5-7-10(9(2)3)13(11)15-12/h5,7-9H,4,6H2,1-3H3. The molecule has 0 aliphatic rings. The van der Waals surface area contributed by atoms with Crippen LogP contribution in [-0.4, -0.2) is 4.98 Å². The molecule has 0 bridgehead atoms. The summed E-state index contributed by atoms with van der Waals surface area (Å²) in [4.78, 5) is 4.48. The van der Waals surface area contributed by atoms with Crippen molar-refractivity contribution in [2.75, 3.05) is 0 Å². The van der Waals surface area contributed by atoms with Gasteiger partial charge in [0.15, 0.2) is 11.5 Å². The number of aromatic nitrogens is 1. The minimum Gasteiger partial charge on any atom is -0.440 e. The fraction of sp³-hybridized carbons (Fsp3) is 0.462. The van der Waals surface area contributed by atoms with Crippen LogP contribution in [0.15, 0.2) is 22.6 Å². The van der Waals surface area contributed by atoms with Crippen molar-refractivity contribution in [1.29, 1.82) is 0 Å². The van der Waals surface area contributed by atoms with Gasteiger partial charge in [-0.15, -0.1) is 0 Å². The summed E-state index contributed by atoms with van der Waals surface area (Å²) in [6.07, 6.45) is 2.00. The molecular formula is C13H17NO. The lowest BCUT2D eigenvalue weighted by atomic mass is 10.0. The molecule has 0 saturated heterocycles. The van der Waals surface area contributed by atoms with E-state index < -0.39 is 0 Å². The van der Waals surface area contributed by atoms with Crippen LogP contribution in [0, 0.1) is 0 Å². The zero-order valence-corrected chi connectivity index (χ0v) is 9.58. The third-order valence-corrected chi connectivity index (χ3v) is 2.58. The number of rotatable bonds is 3. The number of benzene rings is 1. The largest absolute Gasteiger partial charge is 0.440 e. The molecule has 0 amide bonds.